The minimum absolute atomic E-state index is 0.225. The fourth-order valence-electron chi connectivity index (χ4n) is 3.96. The number of furan rings is 1. The number of thiophene rings is 1. The number of benzene rings is 1. The van der Waals surface area contributed by atoms with Crippen LogP contribution in [-0.4, -0.2) is 51.2 Å². The maximum absolute atomic E-state index is 13.5. The van der Waals surface area contributed by atoms with Crippen LogP contribution in [0.25, 0.3) is 38.9 Å². The largest absolute Gasteiger partial charge is 0.496 e. The molecule has 2 amide bonds. The smallest absolute Gasteiger partial charge is 0.278 e. The number of fused-ring (bicyclic) bond motifs is 3. The molecule has 5 aromatic rings. The van der Waals surface area contributed by atoms with Crippen LogP contribution in [0.5, 0.6) is 5.75 Å². The lowest BCUT2D eigenvalue weighted by molar-refractivity contribution is 0.0650. The van der Waals surface area contributed by atoms with Gasteiger partial charge in [0.2, 0.25) is 5.91 Å². The van der Waals surface area contributed by atoms with Crippen LogP contribution < -0.4 is 10.5 Å². The lowest BCUT2D eigenvalue weighted by Gasteiger charge is -2.31. The van der Waals surface area contributed by atoms with Crippen molar-refractivity contribution < 1.29 is 18.7 Å². The Morgan fingerprint density at radius 3 is 2.61 bits per heavy atom. The number of pyridine rings is 1. The Kier molecular flexibility index (Phi) is 5.55. The van der Waals surface area contributed by atoms with Gasteiger partial charge in [-0.25, -0.2) is 4.68 Å². The van der Waals surface area contributed by atoms with Gasteiger partial charge >= 0.3 is 0 Å². The molecule has 184 valence electrons. The third kappa shape index (κ3) is 3.79. The van der Waals surface area contributed by atoms with Crippen molar-refractivity contribution in [1.29, 1.82) is 0 Å². The van der Waals surface area contributed by atoms with E-state index >= 15 is 0 Å². The van der Waals surface area contributed by atoms with Gasteiger partial charge < -0.3 is 19.8 Å². The van der Waals surface area contributed by atoms with E-state index in [1.165, 1.54) is 17.5 Å². The van der Waals surface area contributed by atoms with Gasteiger partial charge in [-0.2, -0.15) is 16.4 Å². The molecule has 0 unspecified atom stereocenters. The lowest BCUT2D eigenvalue weighted by Crippen LogP contribution is -2.42. The fraction of sp³-hybridized carbons (Fsp3) is 0.231. The number of ether oxygens (including phenoxy) is 1. The van der Waals surface area contributed by atoms with Crippen LogP contribution in [0.2, 0.25) is 0 Å². The van der Waals surface area contributed by atoms with Crippen LogP contribution in [0.15, 0.2) is 51.8 Å². The second-order valence-corrected chi connectivity index (χ2v) is 10.2. The van der Waals surface area contributed by atoms with Crippen molar-refractivity contribution in [1.82, 2.24) is 19.7 Å². The van der Waals surface area contributed by atoms with Gasteiger partial charge in [-0.3, -0.25) is 14.6 Å². The van der Waals surface area contributed by atoms with Crippen molar-refractivity contribution >= 4 is 45.2 Å². The molecule has 0 spiro atoms. The number of amides is 2. The summed E-state index contributed by atoms with van der Waals surface area (Å²) in [5.74, 6) is -0.292. The van der Waals surface area contributed by atoms with Crippen LogP contribution in [0, 0.1) is 0 Å². The summed E-state index contributed by atoms with van der Waals surface area (Å²) >= 11 is 1.53. The number of rotatable bonds is 5. The van der Waals surface area contributed by atoms with Gasteiger partial charge in [0.05, 0.1) is 18.4 Å². The molecule has 5 rings (SSSR count). The Morgan fingerprint density at radius 2 is 1.97 bits per heavy atom. The van der Waals surface area contributed by atoms with Gasteiger partial charge in [0.1, 0.15) is 16.8 Å². The number of nitrogens with two attached hydrogens (primary N) is 1. The summed E-state index contributed by atoms with van der Waals surface area (Å²) in [4.78, 5) is 31.1. The Hall–Kier alpha value is -4.18. The Labute approximate surface area is 211 Å². The molecule has 0 saturated heterocycles. The number of nitrogens with zero attached hydrogens (tertiary/aromatic N) is 4. The molecule has 2 N–H and O–H groups in total. The van der Waals surface area contributed by atoms with E-state index in [2.05, 4.69) is 4.98 Å². The molecule has 1 aromatic carbocycles. The summed E-state index contributed by atoms with van der Waals surface area (Å²) in [5, 5.41) is 9.33. The third-order valence-corrected chi connectivity index (χ3v) is 6.88. The number of aromatic nitrogens is 3. The first kappa shape index (κ1) is 23.6. The molecule has 0 atom stereocenters. The highest BCUT2D eigenvalue weighted by molar-refractivity contribution is 7.08. The molecular weight excluding hydrogens is 478 g/mol. The average molecular weight is 504 g/mol. The topological polar surface area (TPSA) is 116 Å². The summed E-state index contributed by atoms with van der Waals surface area (Å²) in [7, 11) is 3.30. The number of primary amides is 1. The zero-order chi connectivity index (χ0) is 25.8. The lowest BCUT2D eigenvalue weighted by atomic mass is 10.0. The van der Waals surface area contributed by atoms with Gasteiger partial charge in [-0.1, -0.05) is 0 Å². The highest BCUT2D eigenvalue weighted by atomic mass is 32.1. The van der Waals surface area contributed by atoms with Crippen molar-refractivity contribution in [3.8, 4) is 22.6 Å². The summed E-state index contributed by atoms with van der Waals surface area (Å²) in [6, 6.07) is 7.26. The van der Waals surface area contributed by atoms with E-state index in [0.717, 1.165) is 11.1 Å². The zero-order valence-corrected chi connectivity index (χ0v) is 21.3. The molecule has 0 fully saturated rings. The minimum atomic E-state index is -0.572. The molecule has 0 aliphatic rings. The maximum atomic E-state index is 13.5. The van der Waals surface area contributed by atoms with Gasteiger partial charge in [-0.05, 0) is 44.4 Å². The first-order valence-corrected chi connectivity index (χ1v) is 12.1. The SMILES string of the molecule is COc1cc2oc3c(C(=O)N(C)C(C)(C)C)nn(-c4ccsc4)c3c2cc1-c1cncc(C(N)=O)c1. The normalized spacial score (nSPS) is 11.8. The summed E-state index contributed by atoms with van der Waals surface area (Å²) in [6.07, 6.45) is 3.05. The van der Waals surface area contributed by atoms with E-state index in [1.54, 1.807) is 42.1 Å². The van der Waals surface area contributed by atoms with Crippen molar-refractivity contribution in [3.05, 3.63) is 58.7 Å². The fourth-order valence-corrected chi connectivity index (χ4v) is 4.58. The number of carbonyl (C=O) groups is 2. The van der Waals surface area contributed by atoms with E-state index in [9.17, 15) is 9.59 Å². The molecule has 9 nitrogen and oxygen atoms in total. The van der Waals surface area contributed by atoms with Crippen molar-refractivity contribution in [2.75, 3.05) is 14.2 Å². The van der Waals surface area contributed by atoms with E-state index in [1.807, 2.05) is 43.7 Å². The van der Waals surface area contributed by atoms with Gasteiger partial charge in [0, 0.05) is 52.9 Å². The molecule has 10 heteroatoms. The summed E-state index contributed by atoms with van der Waals surface area (Å²) < 4.78 is 13.6. The van der Waals surface area contributed by atoms with Crippen LogP contribution in [0.1, 0.15) is 41.6 Å². The standard InChI is InChI=1S/C26H25N5O4S/c1-26(2,3)30(4)25(33)21-23-22(31(29-21)16-6-7-36-13-16)18-9-17(19(34-5)10-20(18)35-23)14-8-15(24(27)32)12-28-11-14/h6-13H,1-5H3,(H2,27,32). The van der Waals surface area contributed by atoms with Crippen LogP contribution in [0.4, 0.5) is 0 Å². The summed E-state index contributed by atoms with van der Waals surface area (Å²) in [5.41, 5.74) is 9.34. The molecule has 0 radical (unpaired) electrons. The van der Waals surface area contributed by atoms with Gasteiger partial charge in [0.25, 0.3) is 5.91 Å². The highest BCUT2D eigenvalue weighted by Crippen LogP contribution is 2.40. The molecule has 4 aromatic heterocycles. The first-order chi connectivity index (χ1) is 17.1. The van der Waals surface area contributed by atoms with E-state index in [0.29, 0.717) is 33.6 Å². The Morgan fingerprint density at radius 1 is 1.19 bits per heavy atom. The van der Waals surface area contributed by atoms with E-state index in [4.69, 9.17) is 20.0 Å². The number of hydrogen-bond donors (Lipinski definition) is 1. The van der Waals surface area contributed by atoms with Crippen LogP contribution >= 0.6 is 11.3 Å². The predicted octanol–water partition coefficient (Wildman–Crippen LogP) is 4.87. The van der Waals surface area contributed by atoms with Crippen molar-refractivity contribution in [2.24, 2.45) is 5.73 Å². The van der Waals surface area contributed by atoms with Gasteiger partial charge in [-0.15, -0.1) is 0 Å². The Bertz CT molecular complexity index is 1630. The molecule has 0 bridgehead atoms. The third-order valence-electron chi connectivity index (χ3n) is 6.21. The maximum Gasteiger partial charge on any atom is 0.278 e. The quantitative estimate of drug-likeness (QED) is 0.366. The molecule has 0 aliphatic heterocycles. The molecule has 4 heterocycles. The number of hydrogen-bond acceptors (Lipinski definition) is 7. The van der Waals surface area contributed by atoms with Crippen molar-refractivity contribution in [3.63, 3.8) is 0 Å². The van der Waals surface area contributed by atoms with Crippen LogP contribution in [-0.2, 0) is 0 Å². The monoisotopic (exact) mass is 503 g/mol. The predicted molar refractivity (Wildman–Crippen MR) is 139 cm³/mol. The second kappa shape index (κ2) is 8.49. The second-order valence-electron chi connectivity index (χ2n) is 9.43. The van der Waals surface area contributed by atoms with E-state index in [-0.39, 0.29) is 17.2 Å². The molecule has 0 saturated carbocycles. The van der Waals surface area contributed by atoms with E-state index < -0.39 is 11.4 Å². The van der Waals surface area contributed by atoms with Crippen molar-refractivity contribution in [2.45, 2.75) is 26.3 Å². The highest BCUT2D eigenvalue weighted by Gasteiger charge is 2.31. The molecule has 36 heavy (non-hydrogen) atoms. The zero-order valence-electron chi connectivity index (χ0n) is 20.5. The Balaban J connectivity index is 1.81. The van der Waals surface area contributed by atoms with Crippen LogP contribution in [0.3, 0.4) is 0 Å². The summed E-state index contributed by atoms with van der Waals surface area (Å²) in [6.45, 7) is 5.88. The van der Waals surface area contributed by atoms with Gasteiger partial charge in [0.15, 0.2) is 11.3 Å². The average Bonchev–Trinajstić information content (AvgIpc) is 3.58. The first-order valence-electron chi connectivity index (χ1n) is 11.2. The number of carbonyl (C=O) groups excluding carboxylic acids is 2. The number of methoxy groups -OCH3 is 1. The molecule has 0 aliphatic carbocycles. The molecular formula is C26H25N5O4S. The minimum Gasteiger partial charge on any atom is -0.496 e.